The second kappa shape index (κ2) is 4.53. The van der Waals surface area contributed by atoms with Crippen LogP contribution < -0.4 is 0 Å². The molecule has 1 aromatic heterocycles. The van der Waals surface area contributed by atoms with Gasteiger partial charge in [0.2, 0.25) is 0 Å². The Kier molecular flexibility index (Phi) is 3.40. The minimum absolute atomic E-state index is 0.0580. The fraction of sp³-hybridized carbons (Fsp3) is 0.800. The average molecular weight is 275 g/mol. The maximum Gasteiger partial charge on any atom is 0.195 e. The molecule has 17 heavy (non-hydrogen) atoms. The highest BCUT2D eigenvalue weighted by molar-refractivity contribution is 7.91. The monoisotopic (exact) mass is 275 g/mol. The van der Waals surface area contributed by atoms with Crippen molar-refractivity contribution in [2.75, 3.05) is 11.5 Å². The van der Waals surface area contributed by atoms with E-state index in [9.17, 15) is 8.42 Å². The van der Waals surface area contributed by atoms with Crippen LogP contribution in [0.1, 0.15) is 44.5 Å². The van der Waals surface area contributed by atoms with Crippen molar-refractivity contribution in [3.63, 3.8) is 0 Å². The normalized spacial score (nSPS) is 24.1. The first-order chi connectivity index (χ1) is 7.91. The first kappa shape index (κ1) is 12.8. The summed E-state index contributed by atoms with van der Waals surface area (Å²) >= 11 is 5.20. The number of nitrogens with one attached hydrogen (secondary N) is 1. The lowest BCUT2D eigenvalue weighted by molar-refractivity contribution is 0.447. The molecule has 96 valence electrons. The van der Waals surface area contributed by atoms with Gasteiger partial charge in [-0.3, -0.25) is 9.67 Å². The van der Waals surface area contributed by atoms with E-state index in [1.165, 1.54) is 0 Å². The highest BCUT2D eigenvalue weighted by Gasteiger charge is 2.28. The number of nitrogens with zero attached hydrogens (tertiary/aromatic N) is 2. The second-order valence-corrected chi connectivity index (χ2v) is 7.44. The molecule has 5 nitrogen and oxygen atoms in total. The number of hydrogen-bond acceptors (Lipinski definition) is 4. The molecule has 1 saturated heterocycles. The molecule has 0 spiro atoms. The molecule has 1 unspecified atom stereocenters. The van der Waals surface area contributed by atoms with E-state index in [0.29, 0.717) is 16.9 Å². The highest BCUT2D eigenvalue weighted by atomic mass is 32.2. The zero-order chi connectivity index (χ0) is 12.6. The van der Waals surface area contributed by atoms with Gasteiger partial charge < -0.3 is 0 Å². The number of H-pyrrole nitrogens is 1. The van der Waals surface area contributed by atoms with Crippen molar-refractivity contribution >= 4 is 22.1 Å². The average Bonchev–Trinajstić information content (AvgIpc) is 2.58. The van der Waals surface area contributed by atoms with Crippen molar-refractivity contribution in [2.24, 2.45) is 0 Å². The molecule has 1 fully saturated rings. The maximum absolute atomic E-state index is 11.7. The van der Waals surface area contributed by atoms with Gasteiger partial charge in [0.05, 0.1) is 17.5 Å². The Morgan fingerprint density at radius 1 is 1.53 bits per heavy atom. The van der Waals surface area contributed by atoms with Crippen LogP contribution in [0.2, 0.25) is 0 Å². The van der Waals surface area contributed by atoms with Crippen LogP contribution in [0.15, 0.2) is 0 Å². The minimum Gasteiger partial charge on any atom is -0.300 e. The summed E-state index contributed by atoms with van der Waals surface area (Å²) in [6.45, 7) is 4.05. The molecule has 1 aliphatic rings. The van der Waals surface area contributed by atoms with E-state index in [1.807, 2.05) is 18.4 Å². The third kappa shape index (κ3) is 2.60. The second-order valence-electron chi connectivity index (χ2n) is 4.82. The minimum atomic E-state index is -2.93. The smallest absolute Gasteiger partial charge is 0.195 e. The molecule has 1 atom stereocenters. The summed E-state index contributed by atoms with van der Waals surface area (Å²) in [4.78, 5) is 0. The first-order valence-electron chi connectivity index (χ1n) is 5.78. The number of aromatic nitrogens is 3. The molecule has 1 aliphatic heterocycles. The van der Waals surface area contributed by atoms with Gasteiger partial charge in [-0.15, -0.1) is 0 Å². The first-order valence-corrected chi connectivity index (χ1v) is 8.01. The van der Waals surface area contributed by atoms with Crippen LogP contribution in [-0.2, 0) is 9.84 Å². The summed E-state index contributed by atoms with van der Waals surface area (Å²) < 4.78 is 25.8. The Bertz CT molecular complexity index is 556. The Hall–Kier alpha value is -0.690. The Balaban J connectivity index is 2.40. The van der Waals surface area contributed by atoms with Gasteiger partial charge in [-0.1, -0.05) is 13.8 Å². The molecule has 7 heteroatoms. The van der Waals surface area contributed by atoms with Crippen molar-refractivity contribution in [1.82, 2.24) is 14.8 Å². The molecular weight excluding hydrogens is 258 g/mol. The van der Waals surface area contributed by atoms with Gasteiger partial charge in [0, 0.05) is 5.92 Å². The number of hydrogen-bond donors (Lipinski definition) is 1. The molecule has 0 saturated carbocycles. The standard InChI is InChI=1S/C10H17N3O2S2/c1-7(2)9-11-12-10(16)13(9)8-4-3-5-17(14,15)6-8/h7-8H,3-6H2,1-2H3,(H,12,16). The third-order valence-corrected chi connectivity index (χ3v) is 5.14. The Morgan fingerprint density at radius 3 is 2.82 bits per heavy atom. The van der Waals surface area contributed by atoms with E-state index in [4.69, 9.17) is 12.2 Å². The van der Waals surface area contributed by atoms with Gasteiger partial charge in [-0.2, -0.15) is 5.10 Å². The van der Waals surface area contributed by atoms with Gasteiger partial charge in [-0.25, -0.2) is 8.42 Å². The predicted molar refractivity (Wildman–Crippen MR) is 68.4 cm³/mol. The lowest BCUT2D eigenvalue weighted by atomic mass is 10.1. The summed E-state index contributed by atoms with van der Waals surface area (Å²) in [6.07, 6.45) is 1.56. The van der Waals surface area contributed by atoms with Crippen LogP contribution in [0, 0.1) is 4.77 Å². The quantitative estimate of drug-likeness (QED) is 0.836. The van der Waals surface area contributed by atoms with Gasteiger partial charge in [0.25, 0.3) is 0 Å². The fourth-order valence-corrected chi connectivity index (χ4v) is 4.24. The zero-order valence-electron chi connectivity index (χ0n) is 10.0. The lowest BCUT2D eigenvalue weighted by Gasteiger charge is -2.24. The molecule has 0 amide bonds. The van der Waals surface area contributed by atoms with Gasteiger partial charge >= 0.3 is 0 Å². The molecule has 2 heterocycles. The molecule has 0 radical (unpaired) electrons. The van der Waals surface area contributed by atoms with Gasteiger partial charge in [-0.05, 0) is 25.1 Å². The van der Waals surface area contributed by atoms with E-state index in [1.54, 1.807) is 0 Å². The number of rotatable bonds is 2. The molecule has 0 bridgehead atoms. The van der Waals surface area contributed by atoms with E-state index < -0.39 is 9.84 Å². The lowest BCUT2D eigenvalue weighted by Crippen LogP contribution is -2.28. The van der Waals surface area contributed by atoms with E-state index in [2.05, 4.69) is 10.2 Å². The summed E-state index contributed by atoms with van der Waals surface area (Å²) in [5, 5.41) is 6.95. The zero-order valence-corrected chi connectivity index (χ0v) is 11.6. The number of sulfone groups is 1. The molecule has 2 rings (SSSR count). The van der Waals surface area contributed by atoms with Crippen LogP contribution in [0.4, 0.5) is 0 Å². The number of aromatic amines is 1. The van der Waals surface area contributed by atoms with E-state index in [0.717, 1.165) is 12.2 Å². The molecule has 1 aromatic rings. The van der Waals surface area contributed by atoms with Crippen molar-refractivity contribution in [2.45, 2.75) is 38.6 Å². The van der Waals surface area contributed by atoms with Crippen LogP contribution in [0.5, 0.6) is 0 Å². The maximum atomic E-state index is 11.7. The predicted octanol–water partition coefficient (Wildman–Crippen LogP) is 1.81. The SMILES string of the molecule is CC(C)c1n[nH]c(=S)n1C1CCCS(=O)(=O)C1. The summed E-state index contributed by atoms with van der Waals surface area (Å²) in [5.74, 6) is 1.55. The highest BCUT2D eigenvalue weighted by Crippen LogP contribution is 2.26. The summed E-state index contributed by atoms with van der Waals surface area (Å²) in [5.41, 5.74) is 0. The molecule has 1 N–H and O–H groups in total. The Morgan fingerprint density at radius 2 is 2.24 bits per heavy atom. The van der Waals surface area contributed by atoms with Crippen molar-refractivity contribution in [3.05, 3.63) is 10.6 Å². The van der Waals surface area contributed by atoms with Crippen LogP contribution in [-0.4, -0.2) is 34.7 Å². The van der Waals surface area contributed by atoms with Crippen molar-refractivity contribution in [3.8, 4) is 0 Å². The summed E-state index contributed by atoms with van der Waals surface area (Å²) in [7, 11) is -2.93. The third-order valence-electron chi connectivity index (χ3n) is 3.05. The topological polar surface area (TPSA) is 67.8 Å². The largest absolute Gasteiger partial charge is 0.300 e. The van der Waals surface area contributed by atoms with Crippen LogP contribution in [0.25, 0.3) is 0 Å². The van der Waals surface area contributed by atoms with Gasteiger partial charge in [0.1, 0.15) is 5.82 Å². The van der Waals surface area contributed by atoms with Crippen LogP contribution in [0.3, 0.4) is 0 Å². The van der Waals surface area contributed by atoms with Crippen LogP contribution >= 0.6 is 12.2 Å². The van der Waals surface area contributed by atoms with Crippen molar-refractivity contribution in [1.29, 1.82) is 0 Å². The fourth-order valence-electron chi connectivity index (χ4n) is 2.28. The summed E-state index contributed by atoms with van der Waals surface area (Å²) in [6, 6.07) is -0.0580. The van der Waals surface area contributed by atoms with Crippen molar-refractivity contribution < 1.29 is 8.42 Å². The van der Waals surface area contributed by atoms with E-state index in [-0.39, 0.29) is 17.7 Å². The Labute approximate surface area is 106 Å². The van der Waals surface area contributed by atoms with Gasteiger partial charge in [0.15, 0.2) is 14.6 Å². The molecule has 0 aromatic carbocycles. The molecular formula is C10H17N3O2S2. The molecule has 0 aliphatic carbocycles. The van der Waals surface area contributed by atoms with E-state index >= 15 is 0 Å².